The molecule has 0 aliphatic heterocycles. The molecule has 0 atom stereocenters. The van der Waals surface area contributed by atoms with Crippen molar-refractivity contribution in [1.82, 2.24) is 14.5 Å². The Kier molecular flexibility index (Phi) is 3.23. The molecule has 4 nitrogen and oxygen atoms in total. The van der Waals surface area contributed by atoms with Crippen LogP contribution < -0.4 is 0 Å². The average Bonchev–Trinajstić information content (AvgIpc) is 2.90. The minimum atomic E-state index is 0.0283. The number of nitrogens with zero attached hydrogens (tertiary/aromatic N) is 3. The number of amides is 1. The summed E-state index contributed by atoms with van der Waals surface area (Å²) in [6, 6.07) is 8.15. The molecule has 1 saturated carbocycles. The molecule has 1 aliphatic rings. The number of aromatic nitrogens is 2. The van der Waals surface area contributed by atoms with E-state index in [4.69, 9.17) is 0 Å². The number of fused-ring (bicyclic) bond motifs is 1. The first-order chi connectivity index (χ1) is 9.27. The Labute approximate surface area is 113 Å². The van der Waals surface area contributed by atoms with Crippen LogP contribution in [0.2, 0.25) is 0 Å². The topological polar surface area (TPSA) is 38.1 Å². The summed E-state index contributed by atoms with van der Waals surface area (Å²) in [5, 5.41) is 0. The van der Waals surface area contributed by atoms with Crippen molar-refractivity contribution in [2.24, 2.45) is 0 Å². The Bertz CT molecular complexity index is 584. The molecule has 1 fully saturated rings. The summed E-state index contributed by atoms with van der Waals surface area (Å²) in [6.45, 7) is 0. The van der Waals surface area contributed by atoms with Crippen molar-refractivity contribution in [3.63, 3.8) is 0 Å². The van der Waals surface area contributed by atoms with Crippen LogP contribution in [0.4, 0.5) is 4.79 Å². The fourth-order valence-corrected chi connectivity index (χ4v) is 2.91. The smallest absolute Gasteiger partial charge is 0.324 e. The van der Waals surface area contributed by atoms with Gasteiger partial charge in [-0.25, -0.2) is 9.78 Å². The van der Waals surface area contributed by atoms with Gasteiger partial charge in [0.2, 0.25) is 0 Å². The molecule has 0 radical (unpaired) electrons. The zero-order chi connectivity index (χ0) is 13.2. The molecule has 0 bridgehead atoms. The second-order valence-electron chi connectivity index (χ2n) is 5.29. The molecule has 0 N–H and O–H groups in total. The monoisotopic (exact) mass is 257 g/mol. The van der Waals surface area contributed by atoms with Gasteiger partial charge in [0.15, 0.2) is 0 Å². The molecular weight excluding hydrogens is 238 g/mol. The number of hydrogen-bond donors (Lipinski definition) is 0. The van der Waals surface area contributed by atoms with Crippen molar-refractivity contribution in [2.45, 2.75) is 38.1 Å². The normalized spacial score (nSPS) is 16.7. The molecule has 1 amide bonds. The lowest BCUT2D eigenvalue weighted by atomic mass is 9.95. The third kappa shape index (κ3) is 2.23. The number of benzene rings is 1. The lowest BCUT2D eigenvalue weighted by Crippen LogP contribution is -2.40. The predicted molar refractivity (Wildman–Crippen MR) is 75.2 cm³/mol. The van der Waals surface area contributed by atoms with E-state index in [0.717, 1.165) is 23.9 Å². The molecule has 1 aromatic carbocycles. The number of hydrogen-bond acceptors (Lipinski definition) is 2. The summed E-state index contributed by atoms with van der Waals surface area (Å²) in [5.41, 5.74) is 1.75. The highest BCUT2D eigenvalue weighted by Crippen LogP contribution is 2.23. The maximum Gasteiger partial charge on any atom is 0.329 e. The van der Waals surface area contributed by atoms with Gasteiger partial charge < -0.3 is 4.90 Å². The lowest BCUT2D eigenvalue weighted by molar-refractivity contribution is 0.176. The first kappa shape index (κ1) is 12.2. The zero-order valence-corrected chi connectivity index (χ0v) is 11.2. The van der Waals surface area contributed by atoms with E-state index >= 15 is 0 Å². The van der Waals surface area contributed by atoms with E-state index in [1.54, 1.807) is 10.9 Å². The van der Waals surface area contributed by atoms with Crippen LogP contribution in [0.1, 0.15) is 32.1 Å². The molecule has 100 valence electrons. The van der Waals surface area contributed by atoms with Crippen LogP contribution in [-0.2, 0) is 0 Å². The quantitative estimate of drug-likeness (QED) is 0.786. The fourth-order valence-electron chi connectivity index (χ4n) is 2.91. The third-order valence-electron chi connectivity index (χ3n) is 4.08. The van der Waals surface area contributed by atoms with Crippen molar-refractivity contribution >= 4 is 17.1 Å². The number of imidazole rings is 1. The van der Waals surface area contributed by atoms with E-state index in [1.165, 1.54) is 19.3 Å². The van der Waals surface area contributed by atoms with Crippen LogP contribution >= 0.6 is 0 Å². The second-order valence-corrected chi connectivity index (χ2v) is 5.29. The van der Waals surface area contributed by atoms with Gasteiger partial charge in [-0.1, -0.05) is 31.4 Å². The predicted octanol–water partition coefficient (Wildman–Crippen LogP) is 3.27. The summed E-state index contributed by atoms with van der Waals surface area (Å²) in [7, 11) is 1.91. The summed E-state index contributed by atoms with van der Waals surface area (Å²) in [5.74, 6) is 0. The van der Waals surface area contributed by atoms with Gasteiger partial charge in [0.25, 0.3) is 0 Å². The molecule has 2 aromatic rings. The first-order valence-electron chi connectivity index (χ1n) is 6.96. The van der Waals surface area contributed by atoms with Crippen molar-refractivity contribution < 1.29 is 4.79 Å². The highest BCUT2D eigenvalue weighted by molar-refractivity contribution is 5.89. The molecule has 0 saturated heterocycles. The van der Waals surface area contributed by atoms with Gasteiger partial charge in [0.1, 0.15) is 6.33 Å². The van der Waals surface area contributed by atoms with Gasteiger partial charge in [-0.15, -0.1) is 0 Å². The largest absolute Gasteiger partial charge is 0.329 e. The zero-order valence-electron chi connectivity index (χ0n) is 11.2. The van der Waals surface area contributed by atoms with Gasteiger partial charge in [0, 0.05) is 13.1 Å². The number of carbonyl (C=O) groups is 1. The van der Waals surface area contributed by atoms with Crippen LogP contribution in [0, 0.1) is 0 Å². The second kappa shape index (κ2) is 5.03. The van der Waals surface area contributed by atoms with Gasteiger partial charge in [-0.2, -0.15) is 0 Å². The average molecular weight is 257 g/mol. The Hall–Kier alpha value is -1.84. The van der Waals surface area contributed by atoms with Gasteiger partial charge in [-0.3, -0.25) is 4.57 Å². The van der Waals surface area contributed by atoms with E-state index in [1.807, 2.05) is 36.2 Å². The van der Waals surface area contributed by atoms with Gasteiger partial charge in [0.05, 0.1) is 11.0 Å². The Morgan fingerprint density at radius 3 is 2.79 bits per heavy atom. The molecular formula is C15H19N3O. The molecule has 0 spiro atoms. The van der Waals surface area contributed by atoms with Crippen LogP contribution in [-0.4, -0.2) is 33.6 Å². The highest BCUT2D eigenvalue weighted by atomic mass is 16.2. The van der Waals surface area contributed by atoms with E-state index in [0.29, 0.717) is 6.04 Å². The van der Waals surface area contributed by atoms with Gasteiger partial charge >= 0.3 is 6.03 Å². The highest BCUT2D eigenvalue weighted by Gasteiger charge is 2.23. The van der Waals surface area contributed by atoms with E-state index < -0.39 is 0 Å². The Morgan fingerprint density at radius 2 is 2.00 bits per heavy atom. The molecule has 1 heterocycles. The van der Waals surface area contributed by atoms with E-state index in [9.17, 15) is 4.79 Å². The summed E-state index contributed by atoms with van der Waals surface area (Å²) < 4.78 is 1.66. The number of carbonyl (C=O) groups excluding carboxylic acids is 1. The van der Waals surface area contributed by atoms with Crippen molar-refractivity contribution in [3.8, 4) is 0 Å². The summed E-state index contributed by atoms with van der Waals surface area (Å²) in [4.78, 5) is 18.7. The SMILES string of the molecule is CN(C(=O)n1cnc2ccccc21)C1CCCCC1. The van der Waals surface area contributed by atoms with Crippen LogP contribution in [0.25, 0.3) is 11.0 Å². The Balaban J connectivity index is 1.86. The van der Waals surface area contributed by atoms with Crippen LogP contribution in [0.5, 0.6) is 0 Å². The molecule has 1 aromatic heterocycles. The molecule has 0 unspecified atom stereocenters. The molecule has 19 heavy (non-hydrogen) atoms. The maximum absolute atomic E-state index is 12.6. The van der Waals surface area contributed by atoms with Crippen LogP contribution in [0.3, 0.4) is 0 Å². The van der Waals surface area contributed by atoms with E-state index in [-0.39, 0.29) is 6.03 Å². The van der Waals surface area contributed by atoms with Gasteiger partial charge in [-0.05, 0) is 25.0 Å². The minimum absolute atomic E-state index is 0.0283. The van der Waals surface area contributed by atoms with E-state index in [2.05, 4.69) is 4.98 Å². The molecule has 3 rings (SSSR count). The maximum atomic E-state index is 12.6. The number of para-hydroxylation sites is 2. The first-order valence-corrected chi connectivity index (χ1v) is 6.96. The van der Waals surface area contributed by atoms with Crippen molar-refractivity contribution in [3.05, 3.63) is 30.6 Å². The van der Waals surface area contributed by atoms with Crippen LogP contribution in [0.15, 0.2) is 30.6 Å². The molecule has 4 heteroatoms. The van der Waals surface area contributed by atoms with Crippen molar-refractivity contribution in [1.29, 1.82) is 0 Å². The molecule has 1 aliphatic carbocycles. The summed E-state index contributed by atoms with van der Waals surface area (Å²) in [6.07, 6.45) is 7.63. The fraction of sp³-hybridized carbons (Fsp3) is 0.467. The minimum Gasteiger partial charge on any atom is -0.324 e. The number of rotatable bonds is 1. The van der Waals surface area contributed by atoms with Crippen molar-refractivity contribution in [2.75, 3.05) is 7.05 Å². The Morgan fingerprint density at radius 1 is 1.26 bits per heavy atom. The summed E-state index contributed by atoms with van der Waals surface area (Å²) >= 11 is 0. The lowest BCUT2D eigenvalue weighted by Gasteiger charge is -2.31. The standard InChI is InChI=1S/C15H19N3O/c1-17(12-7-3-2-4-8-12)15(19)18-11-16-13-9-5-6-10-14(13)18/h5-6,9-12H,2-4,7-8H2,1H3. The third-order valence-corrected chi connectivity index (χ3v) is 4.08.